The van der Waals surface area contributed by atoms with Gasteiger partial charge in [-0.15, -0.1) is 0 Å². The molecule has 3 heteroatoms. The third-order valence-corrected chi connectivity index (χ3v) is 4.34. The molecule has 0 aromatic heterocycles. The summed E-state index contributed by atoms with van der Waals surface area (Å²) in [6, 6.07) is 6.98. The molecule has 0 saturated heterocycles. The molecule has 0 aliphatic heterocycles. The van der Waals surface area contributed by atoms with Crippen LogP contribution in [-0.4, -0.2) is 12.0 Å². The smallest absolute Gasteiger partial charge is 0.193 e. The molecular formula is C16H23N3. The van der Waals surface area contributed by atoms with E-state index < -0.39 is 0 Å². The number of benzene rings is 1. The van der Waals surface area contributed by atoms with Crippen molar-refractivity contribution in [1.82, 2.24) is 0 Å². The topological polar surface area (TPSA) is 50.4 Å². The number of aliphatic imine (C=N–C) groups is 1. The highest BCUT2D eigenvalue weighted by Gasteiger charge is 2.39. The second-order valence-electron chi connectivity index (χ2n) is 6.19. The van der Waals surface area contributed by atoms with Crippen LogP contribution >= 0.6 is 0 Å². The minimum Gasteiger partial charge on any atom is -0.370 e. The van der Waals surface area contributed by atoms with Crippen LogP contribution in [-0.2, 0) is 12.8 Å². The normalized spacial score (nSPS) is 25.5. The van der Waals surface area contributed by atoms with Crippen molar-refractivity contribution in [3.05, 3.63) is 29.3 Å². The summed E-state index contributed by atoms with van der Waals surface area (Å²) >= 11 is 0. The fourth-order valence-electron chi connectivity index (χ4n) is 3.07. The van der Waals surface area contributed by atoms with Gasteiger partial charge in [0.05, 0.1) is 6.04 Å². The van der Waals surface area contributed by atoms with Gasteiger partial charge in [0.1, 0.15) is 0 Å². The summed E-state index contributed by atoms with van der Waals surface area (Å²) in [5.74, 6) is 1.99. The van der Waals surface area contributed by atoms with E-state index in [0.29, 0.717) is 17.9 Å². The number of hydrogen-bond donors (Lipinski definition) is 2. The van der Waals surface area contributed by atoms with Crippen molar-refractivity contribution < 1.29 is 0 Å². The largest absolute Gasteiger partial charge is 0.370 e. The fourth-order valence-corrected chi connectivity index (χ4v) is 3.07. The predicted octanol–water partition coefficient (Wildman–Crippen LogP) is 2.95. The van der Waals surface area contributed by atoms with E-state index in [2.05, 4.69) is 42.4 Å². The van der Waals surface area contributed by atoms with Crippen LogP contribution in [0.25, 0.3) is 0 Å². The number of guanidine groups is 1. The summed E-state index contributed by atoms with van der Waals surface area (Å²) in [7, 11) is 0. The van der Waals surface area contributed by atoms with Gasteiger partial charge in [-0.25, -0.2) is 4.99 Å². The van der Waals surface area contributed by atoms with Crippen molar-refractivity contribution in [3.63, 3.8) is 0 Å². The van der Waals surface area contributed by atoms with E-state index in [0.717, 1.165) is 11.6 Å². The van der Waals surface area contributed by atoms with Crippen molar-refractivity contribution in [2.75, 3.05) is 5.32 Å². The SMILES string of the molecule is CC(C)[C@@H]1C[C@H]1N=C(N)Nc1ccc2c(c1)CCC2. The van der Waals surface area contributed by atoms with E-state index in [1.165, 1.54) is 36.8 Å². The third-order valence-electron chi connectivity index (χ3n) is 4.34. The monoisotopic (exact) mass is 257 g/mol. The van der Waals surface area contributed by atoms with E-state index in [1.54, 1.807) is 0 Å². The highest BCUT2D eigenvalue weighted by atomic mass is 15.1. The first-order valence-electron chi connectivity index (χ1n) is 7.35. The van der Waals surface area contributed by atoms with Gasteiger partial charge in [0, 0.05) is 5.69 Å². The number of nitrogens with zero attached hydrogens (tertiary/aromatic N) is 1. The van der Waals surface area contributed by atoms with Crippen LogP contribution in [0.4, 0.5) is 5.69 Å². The van der Waals surface area contributed by atoms with Gasteiger partial charge in [0.2, 0.25) is 0 Å². The molecule has 1 saturated carbocycles. The Hall–Kier alpha value is -1.51. The Morgan fingerprint density at radius 3 is 2.84 bits per heavy atom. The second-order valence-corrected chi connectivity index (χ2v) is 6.19. The first-order valence-corrected chi connectivity index (χ1v) is 7.35. The average molecular weight is 257 g/mol. The summed E-state index contributed by atoms with van der Waals surface area (Å²) in [6.07, 6.45) is 4.88. The van der Waals surface area contributed by atoms with E-state index in [9.17, 15) is 0 Å². The van der Waals surface area contributed by atoms with Crippen molar-refractivity contribution >= 4 is 11.6 Å². The minimum atomic E-state index is 0.432. The zero-order chi connectivity index (χ0) is 13.4. The van der Waals surface area contributed by atoms with Crippen LogP contribution in [0.15, 0.2) is 23.2 Å². The molecule has 2 atom stereocenters. The number of rotatable bonds is 3. The van der Waals surface area contributed by atoms with E-state index in [4.69, 9.17) is 5.73 Å². The molecule has 102 valence electrons. The molecule has 2 aliphatic carbocycles. The number of anilines is 1. The molecule has 0 heterocycles. The Labute approximate surface area is 115 Å². The first-order chi connectivity index (χ1) is 9.13. The lowest BCUT2D eigenvalue weighted by molar-refractivity contribution is 0.548. The van der Waals surface area contributed by atoms with Crippen molar-refractivity contribution in [3.8, 4) is 0 Å². The molecule has 0 unspecified atom stereocenters. The van der Waals surface area contributed by atoms with Gasteiger partial charge in [-0.1, -0.05) is 19.9 Å². The minimum absolute atomic E-state index is 0.432. The Morgan fingerprint density at radius 2 is 2.11 bits per heavy atom. The number of fused-ring (bicyclic) bond motifs is 1. The molecular weight excluding hydrogens is 234 g/mol. The van der Waals surface area contributed by atoms with Gasteiger partial charge in [0.15, 0.2) is 5.96 Å². The maximum atomic E-state index is 5.99. The highest BCUT2D eigenvalue weighted by Crippen LogP contribution is 2.39. The first kappa shape index (κ1) is 12.5. The molecule has 3 rings (SSSR count). The van der Waals surface area contributed by atoms with Gasteiger partial charge in [-0.05, 0) is 60.8 Å². The molecule has 2 aliphatic rings. The Morgan fingerprint density at radius 1 is 1.32 bits per heavy atom. The van der Waals surface area contributed by atoms with Crippen LogP contribution in [0.1, 0.15) is 37.8 Å². The van der Waals surface area contributed by atoms with E-state index in [1.807, 2.05) is 0 Å². The summed E-state index contributed by atoms with van der Waals surface area (Å²) in [4.78, 5) is 4.56. The Balaban J connectivity index is 1.64. The number of nitrogens with one attached hydrogen (secondary N) is 1. The van der Waals surface area contributed by atoms with Crippen LogP contribution < -0.4 is 11.1 Å². The van der Waals surface area contributed by atoms with Crippen LogP contribution in [0.2, 0.25) is 0 Å². The average Bonchev–Trinajstić information content (AvgIpc) is 2.97. The molecule has 0 radical (unpaired) electrons. The summed E-state index contributed by atoms with van der Waals surface area (Å²) < 4.78 is 0. The fraction of sp³-hybridized carbons (Fsp3) is 0.562. The third kappa shape index (κ3) is 2.75. The summed E-state index contributed by atoms with van der Waals surface area (Å²) in [5.41, 5.74) is 10.0. The predicted molar refractivity (Wildman–Crippen MR) is 80.4 cm³/mol. The number of hydrogen-bond acceptors (Lipinski definition) is 1. The zero-order valence-corrected chi connectivity index (χ0v) is 11.8. The van der Waals surface area contributed by atoms with E-state index in [-0.39, 0.29) is 0 Å². The molecule has 1 aromatic carbocycles. The van der Waals surface area contributed by atoms with Gasteiger partial charge in [-0.2, -0.15) is 0 Å². The maximum absolute atomic E-state index is 5.99. The summed E-state index contributed by atoms with van der Waals surface area (Å²) in [6.45, 7) is 4.51. The maximum Gasteiger partial charge on any atom is 0.193 e. The Kier molecular flexibility index (Phi) is 3.21. The molecule has 1 aromatic rings. The van der Waals surface area contributed by atoms with Gasteiger partial charge in [0.25, 0.3) is 0 Å². The standard InChI is InChI=1S/C16H23N3/c1-10(2)14-9-15(14)19-16(17)18-13-7-6-11-4-3-5-12(11)8-13/h6-8,10,14-15H,3-5,9H2,1-2H3,(H3,17,18,19)/t14-,15+/m0/s1. The zero-order valence-electron chi connectivity index (χ0n) is 11.8. The quantitative estimate of drug-likeness (QED) is 0.646. The van der Waals surface area contributed by atoms with Gasteiger partial charge in [-0.3, -0.25) is 0 Å². The lowest BCUT2D eigenvalue weighted by Gasteiger charge is -2.08. The lowest BCUT2D eigenvalue weighted by atomic mass is 10.1. The van der Waals surface area contributed by atoms with E-state index >= 15 is 0 Å². The van der Waals surface area contributed by atoms with Crippen molar-refractivity contribution in [2.24, 2.45) is 22.6 Å². The molecule has 1 fully saturated rings. The van der Waals surface area contributed by atoms with Crippen LogP contribution in [0, 0.1) is 11.8 Å². The molecule has 0 bridgehead atoms. The molecule has 3 nitrogen and oxygen atoms in total. The van der Waals surface area contributed by atoms with Crippen molar-refractivity contribution in [1.29, 1.82) is 0 Å². The van der Waals surface area contributed by atoms with Gasteiger partial charge < -0.3 is 11.1 Å². The summed E-state index contributed by atoms with van der Waals surface area (Å²) in [5, 5.41) is 3.23. The molecule has 0 amide bonds. The Bertz CT molecular complexity index is 505. The van der Waals surface area contributed by atoms with Crippen molar-refractivity contribution in [2.45, 2.75) is 45.6 Å². The van der Waals surface area contributed by atoms with Crippen LogP contribution in [0.3, 0.4) is 0 Å². The molecule has 3 N–H and O–H groups in total. The molecule has 0 spiro atoms. The second kappa shape index (κ2) is 4.87. The lowest BCUT2D eigenvalue weighted by Crippen LogP contribution is -2.23. The highest BCUT2D eigenvalue weighted by molar-refractivity contribution is 5.92. The number of aryl methyl sites for hydroxylation is 2. The van der Waals surface area contributed by atoms with Gasteiger partial charge >= 0.3 is 0 Å². The van der Waals surface area contributed by atoms with Crippen LogP contribution in [0.5, 0.6) is 0 Å². The number of nitrogens with two attached hydrogens (primary N) is 1. The molecule has 19 heavy (non-hydrogen) atoms.